The Bertz CT molecular complexity index is 975. The van der Waals surface area contributed by atoms with E-state index in [4.69, 9.17) is 37.8 Å². The summed E-state index contributed by atoms with van der Waals surface area (Å²) < 4.78 is 12.8. The minimum Gasteiger partial charge on any atom is -0.497 e. The van der Waals surface area contributed by atoms with Crippen LogP contribution in [0.25, 0.3) is 16.9 Å². The van der Waals surface area contributed by atoms with Crippen LogP contribution >= 0.6 is 23.2 Å². The maximum Gasteiger partial charge on any atom is 0.133 e. The third-order valence-electron chi connectivity index (χ3n) is 4.85. The molecule has 1 N–H and O–H groups in total. The highest BCUT2D eigenvalue weighted by Crippen LogP contribution is 2.37. The van der Waals surface area contributed by atoms with Crippen molar-refractivity contribution in [3.63, 3.8) is 0 Å². The Morgan fingerprint density at radius 1 is 0.929 bits per heavy atom. The van der Waals surface area contributed by atoms with Gasteiger partial charge in [-0.25, -0.2) is 4.68 Å². The van der Waals surface area contributed by atoms with Crippen LogP contribution in [0.1, 0.15) is 18.4 Å². The third kappa shape index (κ3) is 3.64. The van der Waals surface area contributed by atoms with Crippen molar-refractivity contribution in [2.75, 3.05) is 26.1 Å². The van der Waals surface area contributed by atoms with Crippen LogP contribution in [0, 0.1) is 0 Å². The van der Waals surface area contributed by atoms with Crippen LogP contribution in [0.5, 0.6) is 11.5 Å². The lowest BCUT2D eigenvalue weighted by molar-refractivity contribution is 0.394. The lowest BCUT2D eigenvalue weighted by atomic mass is 10.0. The first-order valence-electron chi connectivity index (χ1n) is 9.14. The number of fused-ring (bicyclic) bond motifs is 1. The molecule has 0 saturated carbocycles. The summed E-state index contributed by atoms with van der Waals surface area (Å²) in [4.78, 5) is 0. The van der Waals surface area contributed by atoms with Gasteiger partial charge < -0.3 is 14.8 Å². The lowest BCUT2D eigenvalue weighted by Crippen LogP contribution is -2.07. The molecule has 0 aliphatic carbocycles. The molecule has 2 heterocycles. The fourth-order valence-electron chi connectivity index (χ4n) is 3.53. The van der Waals surface area contributed by atoms with Crippen molar-refractivity contribution in [2.24, 2.45) is 0 Å². The summed E-state index contributed by atoms with van der Waals surface area (Å²) in [6.45, 7) is 0.897. The number of anilines is 1. The molecule has 0 atom stereocenters. The zero-order valence-corrected chi connectivity index (χ0v) is 17.3. The molecule has 0 saturated heterocycles. The molecular formula is C21H21Cl2N3O2. The summed E-state index contributed by atoms with van der Waals surface area (Å²) in [5.74, 6) is 2.43. The molecule has 7 heteroatoms. The molecule has 0 amide bonds. The molecule has 4 rings (SSSR count). The lowest BCUT2D eigenvalue weighted by Gasteiger charge is -2.10. The number of aromatic nitrogens is 2. The van der Waals surface area contributed by atoms with Crippen molar-refractivity contribution in [2.45, 2.75) is 19.3 Å². The minimum absolute atomic E-state index is 0.574. The average Bonchev–Trinajstić information content (AvgIpc) is 2.88. The molecule has 5 nitrogen and oxygen atoms in total. The number of hydrogen-bond acceptors (Lipinski definition) is 4. The smallest absolute Gasteiger partial charge is 0.133 e. The van der Waals surface area contributed by atoms with Crippen molar-refractivity contribution < 1.29 is 9.47 Å². The van der Waals surface area contributed by atoms with Gasteiger partial charge in [-0.1, -0.05) is 23.2 Å². The molecule has 0 unspecified atom stereocenters. The van der Waals surface area contributed by atoms with Gasteiger partial charge in [-0.15, -0.1) is 0 Å². The number of benzene rings is 2. The Balaban J connectivity index is 1.93. The number of nitrogens with one attached hydrogen (secondary N) is 1. The quantitative estimate of drug-likeness (QED) is 0.598. The molecule has 0 spiro atoms. The largest absolute Gasteiger partial charge is 0.497 e. The first-order valence-corrected chi connectivity index (χ1v) is 9.90. The average molecular weight is 418 g/mol. The van der Waals surface area contributed by atoms with Crippen molar-refractivity contribution in [3.8, 4) is 28.4 Å². The molecule has 146 valence electrons. The maximum absolute atomic E-state index is 6.24. The van der Waals surface area contributed by atoms with Gasteiger partial charge in [0.15, 0.2) is 0 Å². The fourth-order valence-corrected chi connectivity index (χ4v) is 4.04. The van der Waals surface area contributed by atoms with E-state index in [1.165, 1.54) is 5.56 Å². The predicted octanol–water partition coefficient (Wildman–Crippen LogP) is 5.61. The highest BCUT2D eigenvalue weighted by molar-refractivity contribution is 6.34. The van der Waals surface area contributed by atoms with E-state index in [2.05, 4.69) is 5.32 Å². The summed E-state index contributed by atoms with van der Waals surface area (Å²) in [6, 6.07) is 11.3. The zero-order chi connectivity index (χ0) is 19.7. The molecule has 3 aromatic rings. The van der Waals surface area contributed by atoms with E-state index < -0.39 is 0 Å². The Labute approximate surface area is 174 Å². The van der Waals surface area contributed by atoms with Crippen molar-refractivity contribution in [1.82, 2.24) is 9.78 Å². The van der Waals surface area contributed by atoms with Crippen molar-refractivity contribution in [3.05, 3.63) is 52.0 Å². The van der Waals surface area contributed by atoms with Gasteiger partial charge in [0.1, 0.15) is 17.3 Å². The second-order valence-electron chi connectivity index (χ2n) is 6.70. The maximum atomic E-state index is 6.24. The molecule has 0 radical (unpaired) electrons. The number of methoxy groups -OCH3 is 2. The van der Waals surface area contributed by atoms with E-state index in [0.29, 0.717) is 10.0 Å². The van der Waals surface area contributed by atoms with Gasteiger partial charge in [-0.2, -0.15) is 5.10 Å². The number of hydrogen-bond donors (Lipinski definition) is 1. The number of rotatable bonds is 4. The summed E-state index contributed by atoms with van der Waals surface area (Å²) >= 11 is 12.5. The molecule has 1 aliphatic heterocycles. The van der Waals surface area contributed by atoms with E-state index in [1.807, 2.05) is 35.0 Å². The SMILES string of the molecule is COc1cc(OC)cc(-c2nn(-c3cc(Cl)cc(Cl)c3)c3c2CCCCN3)c1. The van der Waals surface area contributed by atoms with Crippen molar-refractivity contribution in [1.29, 1.82) is 0 Å². The molecule has 1 aromatic heterocycles. The Hall–Kier alpha value is -2.37. The molecule has 0 bridgehead atoms. The van der Waals surface area contributed by atoms with Gasteiger partial charge in [0.05, 0.1) is 25.6 Å². The van der Waals surface area contributed by atoms with Crippen LogP contribution in [-0.2, 0) is 6.42 Å². The Morgan fingerprint density at radius 3 is 2.25 bits per heavy atom. The van der Waals surface area contributed by atoms with Gasteiger partial charge in [0.2, 0.25) is 0 Å². The molecule has 0 fully saturated rings. The van der Waals surface area contributed by atoms with Crippen LogP contribution in [0.2, 0.25) is 10.0 Å². The molecule has 2 aromatic carbocycles. The minimum atomic E-state index is 0.574. The summed E-state index contributed by atoms with van der Waals surface area (Å²) in [5.41, 5.74) is 3.84. The summed E-state index contributed by atoms with van der Waals surface area (Å²) in [5, 5.41) is 9.61. The Kier molecular flexibility index (Phi) is 5.38. The van der Waals surface area contributed by atoms with Crippen LogP contribution in [-0.4, -0.2) is 30.5 Å². The monoisotopic (exact) mass is 417 g/mol. The van der Waals surface area contributed by atoms with E-state index in [9.17, 15) is 0 Å². The number of nitrogens with zero attached hydrogens (tertiary/aromatic N) is 2. The predicted molar refractivity (Wildman–Crippen MR) is 114 cm³/mol. The van der Waals surface area contributed by atoms with Gasteiger partial charge in [0, 0.05) is 33.8 Å². The van der Waals surface area contributed by atoms with Crippen LogP contribution in [0.3, 0.4) is 0 Å². The highest BCUT2D eigenvalue weighted by Gasteiger charge is 2.23. The van der Waals surface area contributed by atoms with Gasteiger partial charge in [0.25, 0.3) is 0 Å². The Morgan fingerprint density at radius 2 is 1.61 bits per heavy atom. The molecular weight excluding hydrogens is 397 g/mol. The first kappa shape index (κ1) is 19.0. The van der Waals surface area contributed by atoms with Crippen LogP contribution in [0.4, 0.5) is 5.82 Å². The second-order valence-corrected chi connectivity index (χ2v) is 7.57. The second kappa shape index (κ2) is 7.94. The third-order valence-corrected chi connectivity index (χ3v) is 5.28. The zero-order valence-electron chi connectivity index (χ0n) is 15.8. The van der Waals surface area contributed by atoms with Crippen LogP contribution < -0.4 is 14.8 Å². The number of halogens is 2. The van der Waals surface area contributed by atoms with Crippen molar-refractivity contribution >= 4 is 29.0 Å². The van der Waals surface area contributed by atoms with Gasteiger partial charge in [-0.05, 0) is 49.6 Å². The van der Waals surface area contributed by atoms with Gasteiger partial charge in [-0.3, -0.25) is 0 Å². The molecule has 1 aliphatic rings. The highest BCUT2D eigenvalue weighted by atomic mass is 35.5. The van der Waals surface area contributed by atoms with E-state index in [-0.39, 0.29) is 0 Å². The molecule has 28 heavy (non-hydrogen) atoms. The topological polar surface area (TPSA) is 48.3 Å². The number of ether oxygens (including phenoxy) is 2. The summed E-state index contributed by atoms with van der Waals surface area (Å²) in [6.07, 6.45) is 3.13. The first-order chi connectivity index (χ1) is 13.6. The summed E-state index contributed by atoms with van der Waals surface area (Å²) in [7, 11) is 3.29. The standard InChI is InChI=1S/C21H21Cl2N3O2/c1-27-17-7-13(8-18(12-17)28-2)20-19-5-3-4-6-24-21(19)26(25-20)16-10-14(22)9-15(23)11-16/h7-12,24H,3-6H2,1-2H3. The van der Waals surface area contributed by atoms with E-state index >= 15 is 0 Å². The fraction of sp³-hybridized carbons (Fsp3) is 0.286. The van der Waals surface area contributed by atoms with Crippen LogP contribution in [0.15, 0.2) is 36.4 Å². The van der Waals surface area contributed by atoms with E-state index in [0.717, 1.165) is 60.1 Å². The van der Waals surface area contributed by atoms with Gasteiger partial charge >= 0.3 is 0 Å². The van der Waals surface area contributed by atoms with E-state index in [1.54, 1.807) is 20.3 Å². The normalized spacial score (nSPS) is 13.4.